The summed E-state index contributed by atoms with van der Waals surface area (Å²) in [5, 5.41) is 2.83. The lowest BCUT2D eigenvalue weighted by atomic mass is 10.1. The average Bonchev–Trinajstić information content (AvgIpc) is 2.57. The van der Waals surface area contributed by atoms with Gasteiger partial charge in [-0.25, -0.2) is 0 Å². The number of anilines is 1. The van der Waals surface area contributed by atoms with E-state index in [0.29, 0.717) is 17.2 Å². The molecule has 0 spiro atoms. The Balaban J connectivity index is 2.15. The van der Waals surface area contributed by atoms with Crippen molar-refractivity contribution in [3.05, 3.63) is 47.5 Å². The normalized spacial score (nSPS) is 11.5. The van der Waals surface area contributed by atoms with Crippen molar-refractivity contribution in [2.45, 2.75) is 26.9 Å². The summed E-state index contributed by atoms with van der Waals surface area (Å²) in [5.74, 6) is 1.67. The van der Waals surface area contributed by atoms with Crippen molar-refractivity contribution in [3.63, 3.8) is 0 Å². The maximum atomic E-state index is 12.5. The number of amides is 1. The second-order valence-electron chi connectivity index (χ2n) is 5.54. The summed E-state index contributed by atoms with van der Waals surface area (Å²) in [6, 6.07) is 11.1. The number of hydrogen-bond donors (Lipinski definition) is 1. The first-order valence-electron chi connectivity index (χ1n) is 7.72. The summed E-state index contributed by atoms with van der Waals surface area (Å²) in [5.41, 5.74) is 2.53. The van der Waals surface area contributed by atoms with Crippen molar-refractivity contribution in [2.75, 3.05) is 19.5 Å². The Morgan fingerprint density at radius 1 is 1.04 bits per heavy atom. The second kappa shape index (κ2) is 7.73. The number of carbonyl (C=O) groups excluding carboxylic acids is 1. The van der Waals surface area contributed by atoms with Gasteiger partial charge in [-0.05, 0) is 44.0 Å². The second-order valence-corrected chi connectivity index (χ2v) is 5.54. The van der Waals surface area contributed by atoms with E-state index in [0.717, 1.165) is 16.9 Å². The maximum absolute atomic E-state index is 12.5. The zero-order valence-corrected chi connectivity index (χ0v) is 14.7. The Bertz CT molecular complexity index is 707. The quantitative estimate of drug-likeness (QED) is 0.877. The molecule has 1 amide bonds. The van der Waals surface area contributed by atoms with Crippen LogP contribution in [0.25, 0.3) is 0 Å². The predicted molar refractivity (Wildman–Crippen MR) is 94.2 cm³/mol. The molecule has 0 aromatic heterocycles. The van der Waals surface area contributed by atoms with Gasteiger partial charge in [-0.2, -0.15) is 0 Å². The van der Waals surface area contributed by atoms with Crippen molar-refractivity contribution >= 4 is 11.6 Å². The fourth-order valence-electron chi connectivity index (χ4n) is 2.36. The number of benzene rings is 2. The van der Waals surface area contributed by atoms with Crippen molar-refractivity contribution in [1.82, 2.24) is 0 Å². The molecule has 2 aromatic carbocycles. The fraction of sp³-hybridized carbons (Fsp3) is 0.316. The van der Waals surface area contributed by atoms with E-state index in [-0.39, 0.29) is 5.91 Å². The maximum Gasteiger partial charge on any atom is 0.265 e. The molecule has 2 aromatic rings. The Morgan fingerprint density at radius 2 is 1.71 bits per heavy atom. The average molecular weight is 329 g/mol. The molecular weight excluding hydrogens is 306 g/mol. The molecule has 0 aliphatic rings. The van der Waals surface area contributed by atoms with Gasteiger partial charge in [-0.1, -0.05) is 18.2 Å². The zero-order chi connectivity index (χ0) is 17.7. The summed E-state index contributed by atoms with van der Waals surface area (Å²) in [4.78, 5) is 12.5. The number of hydrogen-bond acceptors (Lipinski definition) is 4. The highest BCUT2D eigenvalue weighted by molar-refractivity contribution is 5.95. The molecule has 5 heteroatoms. The Kier molecular flexibility index (Phi) is 5.68. The van der Waals surface area contributed by atoms with Crippen LogP contribution in [0, 0.1) is 13.8 Å². The van der Waals surface area contributed by atoms with E-state index in [1.54, 1.807) is 39.3 Å². The van der Waals surface area contributed by atoms with Crippen LogP contribution in [0.5, 0.6) is 17.2 Å². The third kappa shape index (κ3) is 3.98. The van der Waals surface area contributed by atoms with Gasteiger partial charge in [0.25, 0.3) is 5.91 Å². The smallest absolute Gasteiger partial charge is 0.265 e. The van der Waals surface area contributed by atoms with Crippen LogP contribution in [0.15, 0.2) is 36.4 Å². The summed E-state index contributed by atoms with van der Waals surface area (Å²) in [6.07, 6.45) is -0.652. The molecule has 0 unspecified atom stereocenters. The summed E-state index contributed by atoms with van der Waals surface area (Å²) in [7, 11) is 3.12. The van der Waals surface area contributed by atoms with Gasteiger partial charge in [0.1, 0.15) is 17.2 Å². The van der Waals surface area contributed by atoms with E-state index in [4.69, 9.17) is 14.2 Å². The van der Waals surface area contributed by atoms with E-state index in [1.165, 1.54) is 0 Å². The molecular formula is C19H23NO4. The molecule has 0 saturated heterocycles. The molecule has 1 N–H and O–H groups in total. The van der Waals surface area contributed by atoms with Gasteiger partial charge in [0.05, 0.1) is 19.9 Å². The third-order valence-electron chi connectivity index (χ3n) is 3.74. The topological polar surface area (TPSA) is 56.8 Å². The first-order chi connectivity index (χ1) is 11.5. The van der Waals surface area contributed by atoms with Crippen LogP contribution < -0.4 is 19.5 Å². The molecule has 0 fully saturated rings. The van der Waals surface area contributed by atoms with Crippen LogP contribution >= 0.6 is 0 Å². The van der Waals surface area contributed by atoms with E-state index in [2.05, 4.69) is 5.32 Å². The molecule has 0 saturated carbocycles. The van der Waals surface area contributed by atoms with Crippen LogP contribution in [0.3, 0.4) is 0 Å². The zero-order valence-electron chi connectivity index (χ0n) is 14.7. The van der Waals surface area contributed by atoms with Gasteiger partial charge in [0.2, 0.25) is 0 Å². The molecule has 0 radical (unpaired) electrons. The number of rotatable bonds is 6. The lowest BCUT2D eigenvalue weighted by Crippen LogP contribution is -2.30. The molecule has 0 aliphatic heterocycles. The van der Waals surface area contributed by atoms with Gasteiger partial charge in [0.15, 0.2) is 6.10 Å². The summed E-state index contributed by atoms with van der Waals surface area (Å²) < 4.78 is 16.3. The van der Waals surface area contributed by atoms with E-state index >= 15 is 0 Å². The Morgan fingerprint density at radius 3 is 2.29 bits per heavy atom. The van der Waals surface area contributed by atoms with Crippen molar-refractivity contribution < 1.29 is 19.0 Å². The van der Waals surface area contributed by atoms with Crippen LogP contribution in [0.1, 0.15) is 18.1 Å². The van der Waals surface area contributed by atoms with Gasteiger partial charge in [-0.3, -0.25) is 4.79 Å². The first kappa shape index (κ1) is 17.7. The monoisotopic (exact) mass is 329 g/mol. The van der Waals surface area contributed by atoms with Crippen LogP contribution in [-0.2, 0) is 4.79 Å². The highest BCUT2D eigenvalue weighted by Gasteiger charge is 2.18. The molecule has 5 nitrogen and oxygen atoms in total. The van der Waals surface area contributed by atoms with Crippen molar-refractivity contribution in [2.24, 2.45) is 0 Å². The van der Waals surface area contributed by atoms with E-state index in [9.17, 15) is 4.79 Å². The Labute approximate surface area is 142 Å². The predicted octanol–water partition coefficient (Wildman–Crippen LogP) is 3.73. The molecule has 128 valence electrons. The molecule has 2 rings (SSSR count). The van der Waals surface area contributed by atoms with Crippen LogP contribution in [0.4, 0.5) is 5.69 Å². The highest BCUT2D eigenvalue weighted by Crippen LogP contribution is 2.29. The van der Waals surface area contributed by atoms with Crippen LogP contribution in [-0.4, -0.2) is 26.2 Å². The lowest BCUT2D eigenvalue weighted by molar-refractivity contribution is -0.122. The number of ether oxygens (including phenoxy) is 3. The number of aryl methyl sites for hydroxylation is 2. The Hall–Kier alpha value is -2.69. The molecule has 1 atom stereocenters. The highest BCUT2D eigenvalue weighted by atomic mass is 16.5. The largest absolute Gasteiger partial charge is 0.497 e. The van der Waals surface area contributed by atoms with E-state index in [1.807, 2.05) is 32.0 Å². The molecule has 0 bridgehead atoms. The van der Waals surface area contributed by atoms with Crippen molar-refractivity contribution in [1.29, 1.82) is 0 Å². The number of nitrogens with one attached hydrogen (secondary N) is 1. The summed E-state index contributed by atoms with van der Waals surface area (Å²) in [6.45, 7) is 5.63. The van der Waals surface area contributed by atoms with E-state index < -0.39 is 6.10 Å². The number of carbonyl (C=O) groups is 1. The summed E-state index contributed by atoms with van der Waals surface area (Å²) >= 11 is 0. The minimum atomic E-state index is -0.652. The van der Waals surface area contributed by atoms with Gasteiger partial charge in [-0.15, -0.1) is 0 Å². The molecule has 24 heavy (non-hydrogen) atoms. The SMILES string of the molecule is COc1ccc(OC)c(NC(=O)[C@@H](C)Oc2c(C)cccc2C)c1. The minimum absolute atomic E-state index is 0.260. The number of methoxy groups -OCH3 is 2. The molecule has 0 heterocycles. The lowest BCUT2D eigenvalue weighted by Gasteiger charge is -2.19. The van der Waals surface area contributed by atoms with Crippen LogP contribution in [0.2, 0.25) is 0 Å². The first-order valence-corrected chi connectivity index (χ1v) is 7.72. The third-order valence-corrected chi connectivity index (χ3v) is 3.74. The van der Waals surface area contributed by atoms with Gasteiger partial charge < -0.3 is 19.5 Å². The molecule has 0 aliphatic carbocycles. The number of para-hydroxylation sites is 1. The standard InChI is InChI=1S/C19H23NO4/c1-12-7-6-8-13(2)18(12)24-14(3)19(21)20-16-11-15(22-4)9-10-17(16)23-5/h6-11,14H,1-5H3,(H,20,21)/t14-/m1/s1. The minimum Gasteiger partial charge on any atom is -0.497 e. The van der Waals surface area contributed by atoms with Crippen molar-refractivity contribution in [3.8, 4) is 17.2 Å². The fourth-order valence-corrected chi connectivity index (χ4v) is 2.36. The van der Waals surface area contributed by atoms with Gasteiger partial charge >= 0.3 is 0 Å². The van der Waals surface area contributed by atoms with Gasteiger partial charge in [0, 0.05) is 6.07 Å².